The van der Waals surface area contributed by atoms with Gasteiger partial charge in [0.2, 0.25) is 5.91 Å². The van der Waals surface area contributed by atoms with Crippen LogP contribution in [0.15, 0.2) is 18.2 Å². The maximum Gasteiger partial charge on any atom is 0.319 e. The summed E-state index contributed by atoms with van der Waals surface area (Å²) < 4.78 is 18.8. The monoisotopic (exact) mass is 410 g/mol. The van der Waals surface area contributed by atoms with Gasteiger partial charge in [0.25, 0.3) is 0 Å². The molecule has 0 N–H and O–H groups in total. The van der Waals surface area contributed by atoms with Crippen molar-refractivity contribution in [2.75, 3.05) is 27.5 Å². The molecule has 1 saturated carbocycles. The molecule has 2 fully saturated rings. The van der Waals surface area contributed by atoms with E-state index in [1.165, 1.54) is 7.11 Å². The highest BCUT2D eigenvalue weighted by molar-refractivity contribution is 6.03. The zero-order valence-corrected chi connectivity index (χ0v) is 17.5. The minimum atomic E-state index is -0.855. The average Bonchev–Trinajstić information content (AvgIpc) is 3.01. The molecule has 30 heavy (non-hydrogen) atoms. The Morgan fingerprint density at radius 3 is 2.90 bits per heavy atom. The summed E-state index contributed by atoms with van der Waals surface area (Å²) in [6, 6.07) is 5.86. The Kier molecular flexibility index (Phi) is 3.73. The number of nitrogens with zero attached hydrogens (tertiary/aromatic N) is 2. The molecule has 1 aromatic heterocycles. The Hall–Kier alpha value is -2.38. The number of methoxy groups -OCH3 is 2. The van der Waals surface area contributed by atoms with Gasteiger partial charge in [-0.2, -0.15) is 0 Å². The van der Waals surface area contributed by atoms with Crippen molar-refractivity contribution in [1.29, 1.82) is 0 Å². The predicted octanol–water partition coefficient (Wildman–Crippen LogP) is 2.34. The largest absolute Gasteiger partial charge is 0.497 e. The van der Waals surface area contributed by atoms with E-state index in [2.05, 4.69) is 11.8 Å². The molecule has 0 amide bonds. The molecule has 0 spiro atoms. The van der Waals surface area contributed by atoms with Crippen LogP contribution in [-0.2, 0) is 26.1 Å². The van der Waals surface area contributed by atoms with Crippen LogP contribution >= 0.6 is 0 Å². The Bertz CT molecular complexity index is 1090. The van der Waals surface area contributed by atoms with E-state index in [-0.39, 0.29) is 35.9 Å². The number of rotatable bonds is 2. The lowest BCUT2D eigenvalue weighted by Crippen LogP contribution is -2.69. The van der Waals surface area contributed by atoms with Crippen molar-refractivity contribution < 1.29 is 23.8 Å². The quantitative estimate of drug-likeness (QED) is 0.708. The first-order chi connectivity index (χ1) is 14.5. The normalized spacial score (nSPS) is 34.6. The van der Waals surface area contributed by atoms with Crippen LogP contribution in [0.1, 0.15) is 35.8 Å². The predicted molar refractivity (Wildman–Crippen MR) is 109 cm³/mol. The van der Waals surface area contributed by atoms with E-state index in [4.69, 9.17) is 14.2 Å². The number of fused-ring (bicyclic) bond motifs is 4. The van der Waals surface area contributed by atoms with Crippen LogP contribution in [-0.4, -0.2) is 61.0 Å². The third-order valence-corrected chi connectivity index (χ3v) is 8.01. The second-order valence-electron chi connectivity index (χ2n) is 9.16. The number of carbonyl (C=O) groups is 2. The number of hydrogen-bond donors (Lipinski definition) is 0. The molecule has 1 aliphatic carbocycles. The molecule has 158 valence electrons. The Balaban J connectivity index is 1.74. The summed E-state index contributed by atoms with van der Waals surface area (Å²) >= 11 is 0. The van der Waals surface area contributed by atoms with E-state index in [0.717, 1.165) is 41.5 Å². The summed E-state index contributed by atoms with van der Waals surface area (Å²) in [5.74, 6) is 0.456. The fourth-order valence-electron chi connectivity index (χ4n) is 6.83. The van der Waals surface area contributed by atoms with Crippen molar-refractivity contribution in [3.05, 3.63) is 29.5 Å². The molecule has 7 nitrogen and oxygen atoms in total. The first-order valence-corrected chi connectivity index (χ1v) is 10.7. The highest BCUT2D eigenvalue weighted by atomic mass is 16.5. The number of ether oxygens (including phenoxy) is 3. The number of carbonyl (C=O) groups excluding carboxylic acids is 2. The molecule has 3 aliphatic heterocycles. The first-order valence-electron chi connectivity index (χ1n) is 10.7. The first kappa shape index (κ1) is 18.4. The van der Waals surface area contributed by atoms with Crippen molar-refractivity contribution in [2.45, 2.75) is 43.7 Å². The lowest BCUT2D eigenvalue weighted by molar-refractivity contribution is -0.184. The summed E-state index contributed by atoms with van der Waals surface area (Å²) in [5, 5.41) is 1.03. The number of esters is 1. The van der Waals surface area contributed by atoms with Gasteiger partial charge in [0.05, 0.1) is 32.6 Å². The van der Waals surface area contributed by atoms with Crippen molar-refractivity contribution in [3.8, 4) is 5.75 Å². The Morgan fingerprint density at radius 2 is 2.13 bits per heavy atom. The highest BCUT2D eigenvalue weighted by Gasteiger charge is 2.66. The topological polar surface area (TPSA) is 70.0 Å². The van der Waals surface area contributed by atoms with Crippen LogP contribution in [0.4, 0.5) is 0 Å². The van der Waals surface area contributed by atoms with Crippen LogP contribution < -0.4 is 4.74 Å². The van der Waals surface area contributed by atoms with E-state index >= 15 is 0 Å². The van der Waals surface area contributed by atoms with Crippen molar-refractivity contribution >= 4 is 22.8 Å². The molecule has 2 aromatic rings. The van der Waals surface area contributed by atoms with Crippen LogP contribution in [0.5, 0.6) is 5.75 Å². The molecule has 2 bridgehead atoms. The lowest BCUT2D eigenvalue weighted by atomic mass is 9.56. The maximum absolute atomic E-state index is 13.7. The number of benzene rings is 1. The lowest BCUT2D eigenvalue weighted by Gasteiger charge is -2.57. The summed E-state index contributed by atoms with van der Waals surface area (Å²) in [5.41, 5.74) is 1.93. The van der Waals surface area contributed by atoms with E-state index in [1.807, 2.05) is 22.8 Å². The van der Waals surface area contributed by atoms with Crippen LogP contribution in [0.25, 0.3) is 10.9 Å². The van der Waals surface area contributed by atoms with Gasteiger partial charge in [-0.15, -0.1) is 0 Å². The fraction of sp³-hybridized carbons (Fsp3) is 0.565. The molecule has 4 heterocycles. The third-order valence-electron chi connectivity index (χ3n) is 8.01. The zero-order valence-electron chi connectivity index (χ0n) is 17.5. The van der Waals surface area contributed by atoms with Gasteiger partial charge in [-0.3, -0.25) is 19.1 Å². The molecule has 0 unspecified atom stereocenters. The minimum Gasteiger partial charge on any atom is -0.497 e. The Labute approximate surface area is 174 Å². The third kappa shape index (κ3) is 2.02. The van der Waals surface area contributed by atoms with Crippen molar-refractivity contribution in [1.82, 2.24) is 9.47 Å². The smallest absolute Gasteiger partial charge is 0.319 e. The van der Waals surface area contributed by atoms with Crippen LogP contribution in [0.2, 0.25) is 0 Å². The van der Waals surface area contributed by atoms with Gasteiger partial charge in [-0.1, -0.05) is 0 Å². The van der Waals surface area contributed by atoms with Gasteiger partial charge in [-0.25, -0.2) is 0 Å². The fourth-order valence-corrected chi connectivity index (χ4v) is 6.83. The van der Waals surface area contributed by atoms with Crippen molar-refractivity contribution in [3.63, 3.8) is 0 Å². The molecule has 4 aliphatic rings. The summed E-state index contributed by atoms with van der Waals surface area (Å²) in [6.07, 6.45) is 2.02. The van der Waals surface area contributed by atoms with E-state index in [0.29, 0.717) is 18.9 Å². The molecular formula is C23H26N2O5. The molecule has 5 atom stereocenters. The van der Waals surface area contributed by atoms with Gasteiger partial charge in [-0.05, 0) is 43.9 Å². The summed E-state index contributed by atoms with van der Waals surface area (Å²) in [6.45, 7) is 3.38. The highest BCUT2D eigenvalue weighted by Crippen LogP contribution is 2.57. The Morgan fingerprint density at radius 1 is 1.30 bits per heavy atom. The maximum atomic E-state index is 13.7. The van der Waals surface area contributed by atoms with E-state index in [9.17, 15) is 9.59 Å². The second-order valence-corrected chi connectivity index (χ2v) is 9.16. The standard InChI is InChI=1S/C23H26N2O5/c1-12-17-8-13-10-23(22(27)29-3)19(17)24(11-30-12)7-6-16-15-5-4-14(28-2)9-18(15)25(20(16)23)21(13)26/h4-5,9,12-13,17,19H,6-8,10-11H2,1-3H3/t12-,13-,17-,19-,23-/m0/s1. The van der Waals surface area contributed by atoms with Gasteiger partial charge < -0.3 is 14.2 Å². The molecular weight excluding hydrogens is 384 g/mol. The van der Waals surface area contributed by atoms with Crippen LogP contribution in [0.3, 0.4) is 0 Å². The number of aromatic nitrogens is 1. The van der Waals surface area contributed by atoms with Gasteiger partial charge in [0.1, 0.15) is 11.2 Å². The molecule has 1 saturated heterocycles. The summed E-state index contributed by atoms with van der Waals surface area (Å²) in [4.78, 5) is 29.7. The van der Waals surface area contributed by atoms with Gasteiger partial charge in [0, 0.05) is 41.6 Å². The molecule has 6 rings (SSSR count). The molecule has 0 radical (unpaired) electrons. The van der Waals surface area contributed by atoms with E-state index in [1.54, 1.807) is 7.11 Å². The van der Waals surface area contributed by atoms with Crippen LogP contribution in [0, 0.1) is 11.8 Å². The van der Waals surface area contributed by atoms with E-state index < -0.39 is 5.41 Å². The number of hydrogen-bond acceptors (Lipinski definition) is 6. The van der Waals surface area contributed by atoms with Gasteiger partial charge in [0.15, 0.2) is 0 Å². The SMILES string of the molecule is COC(=O)[C@]12C[C@@H]3C[C@H]4[C@H](C)OCN(CCc5c1n(c1cc(OC)ccc51)C3=O)[C@@H]42. The molecule has 1 aromatic carbocycles. The second kappa shape index (κ2) is 6.08. The van der Waals surface area contributed by atoms with Gasteiger partial charge >= 0.3 is 5.97 Å². The van der Waals surface area contributed by atoms with Crippen molar-refractivity contribution in [2.24, 2.45) is 11.8 Å². The molecule has 7 heteroatoms. The minimum absolute atomic E-state index is 0.00320. The average molecular weight is 410 g/mol. The summed E-state index contributed by atoms with van der Waals surface area (Å²) in [7, 11) is 3.09. The zero-order chi connectivity index (χ0) is 20.8.